The van der Waals surface area contributed by atoms with Crippen molar-refractivity contribution in [3.05, 3.63) is 65.9 Å². The average Bonchev–Trinajstić information content (AvgIpc) is 3.16. The first-order valence-electron chi connectivity index (χ1n) is 9.61. The van der Waals surface area contributed by atoms with E-state index < -0.39 is 12.4 Å². The predicted octanol–water partition coefficient (Wildman–Crippen LogP) is 6.09. The fourth-order valence-electron chi connectivity index (χ4n) is 2.55. The van der Waals surface area contributed by atoms with Crippen LogP contribution in [0, 0.1) is 0 Å². The van der Waals surface area contributed by atoms with E-state index in [1.165, 1.54) is 24.3 Å². The smallest absolute Gasteiger partial charge is 0.489 e. The van der Waals surface area contributed by atoms with Gasteiger partial charge >= 0.3 is 12.4 Å². The van der Waals surface area contributed by atoms with Crippen molar-refractivity contribution in [3.63, 3.8) is 0 Å². The third-order valence-corrected chi connectivity index (χ3v) is 4.17. The molecule has 0 aliphatic heterocycles. The van der Waals surface area contributed by atoms with Crippen LogP contribution in [0.4, 0.5) is 29.5 Å². The first-order valence-corrected chi connectivity index (χ1v) is 9.61. The van der Waals surface area contributed by atoms with Gasteiger partial charge in [0.05, 0.1) is 0 Å². The second kappa shape index (κ2) is 9.21. The highest BCUT2D eigenvalue weighted by Gasteiger charge is 2.30. The number of alkyl halides is 3. The van der Waals surface area contributed by atoms with Gasteiger partial charge in [-0.15, -0.1) is 13.2 Å². The molecule has 0 saturated carbocycles. The van der Waals surface area contributed by atoms with Crippen molar-refractivity contribution in [2.45, 2.75) is 39.2 Å². The highest BCUT2D eigenvalue weighted by Crippen LogP contribution is 2.25. The van der Waals surface area contributed by atoms with Crippen LogP contribution in [0.2, 0.25) is 0 Å². The first-order chi connectivity index (χ1) is 15.0. The Hall–Kier alpha value is -3.69. The number of hydrogen-bond donors (Lipinski definition) is 2. The monoisotopic (exact) mass is 449 g/mol. The zero-order valence-corrected chi connectivity index (χ0v) is 17.6. The number of carbonyl (C=O) groups excluding carboxylic acids is 1. The van der Waals surface area contributed by atoms with Crippen molar-refractivity contribution in [3.8, 4) is 11.5 Å². The summed E-state index contributed by atoms with van der Waals surface area (Å²) in [7, 11) is 0. The van der Waals surface area contributed by atoms with Crippen LogP contribution in [0.5, 0.6) is 11.5 Å². The molecule has 0 aliphatic carbocycles. The van der Waals surface area contributed by atoms with Crippen LogP contribution in [-0.2, 0) is 12.0 Å². The zero-order valence-electron chi connectivity index (χ0n) is 17.6. The van der Waals surface area contributed by atoms with Crippen molar-refractivity contribution < 1.29 is 32.0 Å². The number of nitrogens with zero attached hydrogens (tertiary/aromatic N) is 1. The molecular weight excluding hydrogens is 427 g/mol. The maximum atomic E-state index is 12.2. The number of rotatable bonds is 6. The lowest BCUT2D eigenvalue weighted by Crippen LogP contribution is -2.19. The molecule has 32 heavy (non-hydrogen) atoms. The molecule has 0 atom stereocenters. The molecule has 0 radical (unpaired) electrons. The maximum absolute atomic E-state index is 12.2. The van der Waals surface area contributed by atoms with Crippen molar-refractivity contribution in [2.75, 3.05) is 10.6 Å². The van der Waals surface area contributed by atoms with E-state index in [1.807, 2.05) is 20.8 Å². The third kappa shape index (κ3) is 6.93. The Bertz CT molecular complexity index is 1040. The van der Waals surface area contributed by atoms with Gasteiger partial charge in [0, 0.05) is 17.2 Å². The van der Waals surface area contributed by atoms with E-state index in [-0.39, 0.29) is 17.8 Å². The summed E-state index contributed by atoms with van der Waals surface area (Å²) in [5.41, 5.74) is 0.976. The lowest BCUT2D eigenvalue weighted by Gasteiger charge is -2.12. The highest BCUT2D eigenvalue weighted by atomic mass is 19.4. The van der Waals surface area contributed by atoms with Crippen LogP contribution in [0.25, 0.3) is 0 Å². The van der Waals surface area contributed by atoms with E-state index in [0.717, 1.165) is 0 Å². The highest BCUT2D eigenvalue weighted by molar-refractivity contribution is 5.99. The fraction of sp³-hybridized carbons (Fsp3) is 0.273. The minimum Gasteiger partial charge on any atom is -0.489 e. The molecule has 10 heteroatoms. The molecule has 3 rings (SSSR count). The van der Waals surface area contributed by atoms with Crippen LogP contribution in [-0.4, -0.2) is 17.6 Å². The third-order valence-electron chi connectivity index (χ3n) is 4.17. The number of urea groups is 1. The molecule has 3 aromatic rings. The normalized spacial score (nSPS) is 11.7. The van der Waals surface area contributed by atoms with Crippen molar-refractivity contribution in [1.82, 2.24) is 5.16 Å². The molecule has 1 aromatic heterocycles. The molecule has 0 unspecified atom stereocenters. The number of halogens is 3. The Morgan fingerprint density at radius 3 is 2.16 bits per heavy atom. The zero-order chi connectivity index (χ0) is 23.4. The molecule has 0 fully saturated rings. The minimum atomic E-state index is -4.73. The number of benzene rings is 2. The molecule has 1 heterocycles. The summed E-state index contributed by atoms with van der Waals surface area (Å²) >= 11 is 0. The second-order valence-electron chi connectivity index (χ2n) is 7.91. The number of aromatic nitrogens is 1. The maximum Gasteiger partial charge on any atom is 0.573 e. The van der Waals surface area contributed by atoms with Gasteiger partial charge in [-0.2, -0.15) is 0 Å². The van der Waals surface area contributed by atoms with Crippen LogP contribution in [0.1, 0.15) is 32.1 Å². The summed E-state index contributed by atoms with van der Waals surface area (Å²) in [4.78, 5) is 12.1. The largest absolute Gasteiger partial charge is 0.573 e. The van der Waals surface area contributed by atoms with Crippen molar-refractivity contribution >= 4 is 17.5 Å². The molecule has 2 amide bonds. The second-order valence-corrected chi connectivity index (χ2v) is 7.91. The SMILES string of the molecule is CC(C)(C)c1cc(NC(=O)Nc2ccc(OCc3ccc(OC(F)(F)F)cc3)cc2)no1. The molecule has 0 aliphatic rings. The lowest BCUT2D eigenvalue weighted by molar-refractivity contribution is -0.274. The van der Waals surface area contributed by atoms with E-state index in [1.54, 1.807) is 30.3 Å². The number of carbonyl (C=O) groups is 1. The Balaban J connectivity index is 1.48. The van der Waals surface area contributed by atoms with Gasteiger partial charge in [0.1, 0.15) is 23.9 Å². The molecule has 2 N–H and O–H groups in total. The van der Waals surface area contributed by atoms with Gasteiger partial charge in [-0.05, 0) is 42.0 Å². The summed E-state index contributed by atoms with van der Waals surface area (Å²) in [6, 6.07) is 13.2. The Kier molecular flexibility index (Phi) is 6.61. The van der Waals surface area contributed by atoms with E-state index >= 15 is 0 Å². The Morgan fingerprint density at radius 1 is 0.969 bits per heavy atom. The molecule has 0 bridgehead atoms. The van der Waals surface area contributed by atoms with Gasteiger partial charge in [-0.3, -0.25) is 5.32 Å². The van der Waals surface area contributed by atoms with Gasteiger partial charge in [-0.1, -0.05) is 38.1 Å². The molecule has 7 nitrogen and oxygen atoms in total. The van der Waals surface area contributed by atoms with Crippen LogP contribution in [0.3, 0.4) is 0 Å². The number of amides is 2. The molecule has 0 spiro atoms. The van der Waals surface area contributed by atoms with Gasteiger partial charge in [0.2, 0.25) is 0 Å². The summed E-state index contributed by atoms with van der Waals surface area (Å²) in [5, 5.41) is 9.09. The summed E-state index contributed by atoms with van der Waals surface area (Å²) < 4.78 is 51.2. The predicted molar refractivity (Wildman–Crippen MR) is 112 cm³/mol. The first kappa shape index (κ1) is 23.0. The average molecular weight is 449 g/mol. The number of hydrogen-bond acceptors (Lipinski definition) is 5. The standard InChI is InChI=1S/C22H22F3N3O4/c1-21(2,3)18-12-19(28-32-18)27-20(29)26-15-6-10-16(11-7-15)30-13-14-4-8-17(9-5-14)31-22(23,24)25/h4-12H,13H2,1-3H3,(H2,26,27,28,29). The summed E-state index contributed by atoms with van der Waals surface area (Å²) in [5.74, 6) is 1.18. The summed E-state index contributed by atoms with van der Waals surface area (Å²) in [6.07, 6.45) is -4.73. The van der Waals surface area contributed by atoms with Gasteiger partial charge in [0.25, 0.3) is 0 Å². The van der Waals surface area contributed by atoms with Crippen LogP contribution >= 0.6 is 0 Å². The van der Waals surface area contributed by atoms with E-state index in [4.69, 9.17) is 9.26 Å². The lowest BCUT2D eigenvalue weighted by atomic mass is 9.93. The minimum absolute atomic E-state index is 0.155. The van der Waals surface area contributed by atoms with E-state index in [0.29, 0.717) is 28.6 Å². The molecule has 170 valence electrons. The van der Waals surface area contributed by atoms with E-state index in [9.17, 15) is 18.0 Å². The Morgan fingerprint density at radius 2 is 1.59 bits per heavy atom. The number of ether oxygens (including phenoxy) is 2. The fourth-order valence-corrected chi connectivity index (χ4v) is 2.55. The van der Waals surface area contributed by atoms with Crippen LogP contribution < -0.4 is 20.1 Å². The van der Waals surface area contributed by atoms with Gasteiger partial charge in [0.15, 0.2) is 5.82 Å². The molecular formula is C22H22F3N3O4. The Labute approximate surface area is 182 Å². The number of nitrogens with one attached hydrogen (secondary N) is 2. The van der Waals surface area contributed by atoms with Crippen LogP contribution in [0.15, 0.2) is 59.1 Å². The van der Waals surface area contributed by atoms with Crippen molar-refractivity contribution in [2.24, 2.45) is 0 Å². The quantitative estimate of drug-likeness (QED) is 0.475. The van der Waals surface area contributed by atoms with Crippen molar-refractivity contribution in [1.29, 1.82) is 0 Å². The van der Waals surface area contributed by atoms with E-state index in [2.05, 4.69) is 20.5 Å². The molecule has 0 saturated heterocycles. The van der Waals surface area contributed by atoms with Gasteiger partial charge in [-0.25, -0.2) is 4.79 Å². The summed E-state index contributed by atoms with van der Waals surface area (Å²) in [6.45, 7) is 6.07. The topological polar surface area (TPSA) is 85.6 Å². The molecule has 2 aromatic carbocycles. The number of anilines is 2. The van der Waals surface area contributed by atoms with Gasteiger partial charge < -0.3 is 19.3 Å².